The normalized spacial score (nSPS) is 19.0. The number of amides is 2. The Hall–Kier alpha value is -2.50. The summed E-state index contributed by atoms with van der Waals surface area (Å²) in [5.41, 5.74) is 2.34. The molecule has 1 heterocycles. The molecular formula is C19H24N2O4. The van der Waals surface area contributed by atoms with Crippen LogP contribution in [0.2, 0.25) is 0 Å². The topological polar surface area (TPSA) is 67.9 Å². The van der Waals surface area contributed by atoms with Crippen LogP contribution in [-0.2, 0) is 16.0 Å². The molecule has 0 aromatic heterocycles. The summed E-state index contributed by atoms with van der Waals surface area (Å²) in [5, 5.41) is 2.58. The lowest BCUT2D eigenvalue weighted by Crippen LogP contribution is -2.45. The van der Waals surface area contributed by atoms with Gasteiger partial charge in [-0.05, 0) is 54.5 Å². The molecule has 1 unspecified atom stereocenters. The van der Waals surface area contributed by atoms with Crippen LogP contribution in [0.15, 0.2) is 24.8 Å². The number of nitrogens with zero attached hydrogens (tertiary/aromatic N) is 1. The number of carbonyl (C=O) groups is 2. The van der Waals surface area contributed by atoms with Crippen LogP contribution in [0.25, 0.3) is 0 Å². The predicted molar refractivity (Wildman–Crippen MR) is 93.6 cm³/mol. The first kappa shape index (κ1) is 17.3. The second-order valence-electron chi connectivity index (χ2n) is 6.45. The monoisotopic (exact) mass is 344 g/mol. The fraction of sp³-hybridized carbons (Fsp3) is 0.474. The van der Waals surface area contributed by atoms with Gasteiger partial charge in [0, 0.05) is 6.54 Å². The standard InChI is InChI=1S/C19H24N2O4/c1-4-17(22)20-11-18(23)21-8-7-13-9-15(24-2)16(25-3)10-14(13)19(21)12-5-6-12/h4,9-10,12,19H,1,5-8,11H2,2-3H3,(H,20,22). The summed E-state index contributed by atoms with van der Waals surface area (Å²) in [6, 6.07) is 4.06. The summed E-state index contributed by atoms with van der Waals surface area (Å²) < 4.78 is 10.8. The number of rotatable bonds is 6. The molecule has 6 nitrogen and oxygen atoms in total. The Kier molecular flexibility index (Phi) is 4.97. The average molecular weight is 344 g/mol. The Morgan fingerprint density at radius 3 is 2.56 bits per heavy atom. The number of fused-ring (bicyclic) bond motifs is 1. The van der Waals surface area contributed by atoms with Crippen molar-refractivity contribution in [2.75, 3.05) is 27.3 Å². The van der Waals surface area contributed by atoms with E-state index in [4.69, 9.17) is 9.47 Å². The number of hydrogen-bond acceptors (Lipinski definition) is 4. The number of benzene rings is 1. The lowest BCUT2D eigenvalue weighted by molar-refractivity contribution is -0.135. The smallest absolute Gasteiger partial charge is 0.243 e. The second-order valence-corrected chi connectivity index (χ2v) is 6.45. The van der Waals surface area contributed by atoms with Crippen molar-refractivity contribution in [3.63, 3.8) is 0 Å². The molecule has 2 aliphatic rings. The van der Waals surface area contributed by atoms with Crippen LogP contribution in [0.5, 0.6) is 11.5 Å². The van der Waals surface area contributed by atoms with Crippen molar-refractivity contribution in [2.24, 2.45) is 5.92 Å². The Balaban J connectivity index is 1.87. The van der Waals surface area contributed by atoms with Crippen LogP contribution in [0.1, 0.15) is 30.0 Å². The van der Waals surface area contributed by atoms with Gasteiger partial charge in [0.25, 0.3) is 0 Å². The van der Waals surface area contributed by atoms with Gasteiger partial charge in [0.05, 0.1) is 26.8 Å². The molecule has 1 aromatic carbocycles. The van der Waals surface area contributed by atoms with E-state index in [1.165, 1.54) is 11.6 Å². The molecule has 6 heteroatoms. The Morgan fingerprint density at radius 2 is 1.96 bits per heavy atom. The molecule has 1 N–H and O–H groups in total. The quantitative estimate of drug-likeness (QED) is 0.800. The maximum absolute atomic E-state index is 12.7. The zero-order valence-corrected chi connectivity index (χ0v) is 14.7. The van der Waals surface area contributed by atoms with Crippen molar-refractivity contribution in [1.82, 2.24) is 10.2 Å². The molecule has 2 amide bonds. The van der Waals surface area contributed by atoms with Crippen molar-refractivity contribution >= 4 is 11.8 Å². The van der Waals surface area contributed by atoms with Gasteiger partial charge in [0.1, 0.15) is 0 Å². The van der Waals surface area contributed by atoms with E-state index in [2.05, 4.69) is 11.9 Å². The molecule has 0 radical (unpaired) electrons. The van der Waals surface area contributed by atoms with Gasteiger partial charge in [-0.2, -0.15) is 0 Å². The van der Waals surface area contributed by atoms with Crippen LogP contribution in [0.3, 0.4) is 0 Å². The van der Waals surface area contributed by atoms with Gasteiger partial charge in [-0.15, -0.1) is 0 Å². The molecule has 1 aliphatic carbocycles. The van der Waals surface area contributed by atoms with Crippen LogP contribution < -0.4 is 14.8 Å². The minimum atomic E-state index is -0.333. The van der Waals surface area contributed by atoms with E-state index >= 15 is 0 Å². The molecule has 3 rings (SSSR count). The van der Waals surface area contributed by atoms with E-state index in [0.717, 1.165) is 24.8 Å². The first-order valence-corrected chi connectivity index (χ1v) is 8.53. The SMILES string of the molecule is C=CC(=O)NCC(=O)N1CCc2cc(OC)c(OC)cc2C1C1CC1. The van der Waals surface area contributed by atoms with Gasteiger partial charge in [0.2, 0.25) is 11.8 Å². The fourth-order valence-corrected chi connectivity index (χ4v) is 3.51. The molecule has 1 aromatic rings. The Labute approximate surface area is 147 Å². The third kappa shape index (κ3) is 3.48. The molecule has 1 saturated carbocycles. The minimum absolute atomic E-state index is 0.00328. The van der Waals surface area contributed by atoms with Gasteiger partial charge in [-0.25, -0.2) is 0 Å². The molecule has 0 saturated heterocycles. The molecule has 25 heavy (non-hydrogen) atoms. The maximum Gasteiger partial charge on any atom is 0.243 e. The molecule has 0 bridgehead atoms. The van der Waals surface area contributed by atoms with Gasteiger partial charge < -0.3 is 19.7 Å². The van der Waals surface area contributed by atoms with Gasteiger partial charge >= 0.3 is 0 Å². The number of ether oxygens (including phenoxy) is 2. The zero-order valence-electron chi connectivity index (χ0n) is 14.7. The molecule has 1 atom stereocenters. The molecular weight excluding hydrogens is 320 g/mol. The molecule has 134 valence electrons. The average Bonchev–Trinajstić information content (AvgIpc) is 3.48. The maximum atomic E-state index is 12.7. The number of nitrogens with one attached hydrogen (secondary N) is 1. The second kappa shape index (κ2) is 7.17. The summed E-state index contributed by atoms with van der Waals surface area (Å²) >= 11 is 0. The van der Waals surface area contributed by atoms with Gasteiger partial charge in [-0.1, -0.05) is 6.58 Å². The highest BCUT2D eigenvalue weighted by Crippen LogP contribution is 2.49. The van der Waals surface area contributed by atoms with Crippen LogP contribution in [0, 0.1) is 5.92 Å². The fourth-order valence-electron chi connectivity index (χ4n) is 3.51. The van der Waals surface area contributed by atoms with E-state index in [1.807, 2.05) is 17.0 Å². The summed E-state index contributed by atoms with van der Waals surface area (Å²) in [5.74, 6) is 1.47. The summed E-state index contributed by atoms with van der Waals surface area (Å²) in [4.78, 5) is 25.9. The third-order valence-electron chi connectivity index (χ3n) is 4.91. The van der Waals surface area contributed by atoms with E-state index in [1.54, 1.807) is 14.2 Å². The lowest BCUT2D eigenvalue weighted by Gasteiger charge is -2.38. The van der Waals surface area contributed by atoms with E-state index in [-0.39, 0.29) is 24.4 Å². The van der Waals surface area contributed by atoms with Crippen molar-refractivity contribution in [3.8, 4) is 11.5 Å². The molecule has 1 fully saturated rings. The largest absolute Gasteiger partial charge is 0.493 e. The number of carbonyl (C=O) groups excluding carboxylic acids is 2. The molecule has 0 spiro atoms. The van der Waals surface area contributed by atoms with Crippen molar-refractivity contribution in [3.05, 3.63) is 35.9 Å². The Morgan fingerprint density at radius 1 is 1.28 bits per heavy atom. The minimum Gasteiger partial charge on any atom is -0.493 e. The van der Waals surface area contributed by atoms with Crippen molar-refractivity contribution in [1.29, 1.82) is 0 Å². The third-order valence-corrected chi connectivity index (χ3v) is 4.91. The first-order chi connectivity index (χ1) is 12.1. The summed E-state index contributed by atoms with van der Waals surface area (Å²) in [6.07, 6.45) is 4.16. The zero-order chi connectivity index (χ0) is 18.0. The number of methoxy groups -OCH3 is 2. The van der Waals surface area contributed by atoms with Crippen LogP contribution >= 0.6 is 0 Å². The van der Waals surface area contributed by atoms with E-state index in [9.17, 15) is 9.59 Å². The predicted octanol–water partition coefficient (Wildman–Crippen LogP) is 1.84. The first-order valence-electron chi connectivity index (χ1n) is 8.53. The van der Waals surface area contributed by atoms with Crippen LogP contribution in [-0.4, -0.2) is 44.0 Å². The Bertz CT molecular complexity index is 697. The highest BCUT2D eigenvalue weighted by atomic mass is 16.5. The van der Waals surface area contributed by atoms with Crippen LogP contribution in [0.4, 0.5) is 0 Å². The van der Waals surface area contributed by atoms with Gasteiger partial charge in [0.15, 0.2) is 11.5 Å². The summed E-state index contributed by atoms with van der Waals surface area (Å²) in [7, 11) is 3.25. The van der Waals surface area contributed by atoms with E-state index < -0.39 is 0 Å². The number of hydrogen-bond donors (Lipinski definition) is 1. The van der Waals surface area contributed by atoms with Crippen molar-refractivity contribution < 1.29 is 19.1 Å². The lowest BCUT2D eigenvalue weighted by atomic mass is 9.89. The summed E-state index contributed by atoms with van der Waals surface area (Å²) in [6.45, 7) is 4.05. The highest BCUT2D eigenvalue weighted by Gasteiger charge is 2.41. The van der Waals surface area contributed by atoms with Gasteiger partial charge in [-0.3, -0.25) is 9.59 Å². The molecule has 1 aliphatic heterocycles. The van der Waals surface area contributed by atoms with Crippen molar-refractivity contribution in [2.45, 2.75) is 25.3 Å². The highest BCUT2D eigenvalue weighted by molar-refractivity contribution is 5.91. The van der Waals surface area contributed by atoms with E-state index in [0.29, 0.717) is 24.0 Å².